The Bertz CT molecular complexity index is 1190. The smallest absolute Gasteiger partial charge is 0.408 e. The SMILES string of the molecule is Cc1ccc(C)c(C(C(=O)Nc2c(C)cccc2C)N(C(=O)C(CC(C)C)NC(=O)OC(C)(C)C)C2CC2)c1. The lowest BCUT2D eigenvalue weighted by Crippen LogP contribution is -2.53. The van der Waals surface area contributed by atoms with Crippen LogP contribution in [0.1, 0.15) is 87.7 Å². The van der Waals surface area contributed by atoms with Gasteiger partial charge in [0.15, 0.2) is 0 Å². The first-order valence-electron chi connectivity index (χ1n) is 13.9. The number of carbonyl (C=O) groups excluding carboxylic acids is 3. The van der Waals surface area contributed by atoms with Crippen LogP contribution in [0.5, 0.6) is 0 Å². The Kier molecular flexibility index (Phi) is 9.47. The van der Waals surface area contributed by atoms with Crippen molar-refractivity contribution in [3.63, 3.8) is 0 Å². The van der Waals surface area contributed by atoms with Crippen molar-refractivity contribution in [2.24, 2.45) is 5.92 Å². The number of anilines is 1. The average molecular weight is 536 g/mol. The van der Waals surface area contributed by atoms with E-state index < -0.39 is 23.8 Å². The van der Waals surface area contributed by atoms with E-state index in [4.69, 9.17) is 4.74 Å². The maximum Gasteiger partial charge on any atom is 0.408 e. The maximum atomic E-state index is 14.3. The van der Waals surface area contributed by atoms with Gasteiger partial charge in [0.2, 0.25) is 5.91 Å². The summed E-state index contributed by atoms with van der Waals surface area (Å²) in [6, 6.07) is 10.1. The summed E-state index contributed by atoms with van der Waals surface area (Å²) in [7, 11) is 0. The molecule has 1 saturated carbocycles. The fraction of sp³-hybridized carbons (Fsp3) is 0.531. The highest BCUT2D eigenvalue weighted by molar-refractivity contribution is 6.00. The van der Waals surface area contributed by atoms with Crippen LogP contribution in [-0.4, -0.2) is 40.5 Å². The minimum absolute atomic E-state index is 0.0822. The van der Waals surface area contributed by atoms with E-state index in [1.165, 1.54) is 0 Å². The highest BCUT2D eigenvalue weighted by Gasteiger charge is 2.44. The molecule has 1 aliphatic carbocycles. The minimum atomic E-state index is -0.848. The summed E-state index contributed by atoms with van der Waals surface area (Å²) >= 11 is 0. The van der Waals surface area contributed by atoms with E-state index in [1.807, 2.05) is 77.9 Å². The standard InChI is InChI=1S/C32H45N3O4/c1-19(2)17-26(33-31(38)39-32(7,8)9)30(37)35(24-15-16-24)28(25-18-20(3)13-14-21(25)4)29(36)34-27-22(5)11-10-12-23(27)6/h10-14,18-19,24,26,28H,15-17H2,1-9H3,(H,33,38)(H,34,36). The van der Waals surface area contributed by atoms with Gasteiger partial charge in [0.05, 0.1) is 0 Å². The van der Waals surface area contributed by atoms with E-state index in [2.05, 4.69) is 10.6 Å². The van der Waals surface area contributed by atoms with Crippen molar-refractivity contribution >= 4 is 23.6 Å². The van der Waals surface area contributed by atoms with Crippen LogP contribution < -0.4 is 10.6 Å². The Morgan fingerprint density at radius 1 is 0.974 bits per heavy atom. The molecular weight excluding hydrogens is 490 g/mol. The molecule has 212 valence electrons. The summed E-state index contributed by atoms with van der Waals surface area (Å²) in [6.45, 7) is 17.3. The molecule has 1 aliphatic rings. The quantitative estimate of drug-likeness (QED) is 0.382. The van der Waals surface area contributed by atoms with Crippen LogP contribution in [0.4, 0.5) is 10.5 Å². The molecule has 2 aromatic rings. The molecule has 0 aromatic heterocycles. The fourth-order valence-electron chi connectivity index (χ4n) is 4.87. The Balaban J connectivity index is 2.07. The minimum Gasteiger partial charge on any atom is -0.444 e. The molecule has 2 N–H and O–H groups in total. The summed E-state index contributed by atoms with van der Waals surface area (Å²) in [5.41, 5.74) is 4.70. The van der Waals surface area contributed by atoms with Crippen LogP contribution in [0, 0.1) is 33.6 Å². The van der Waals surface area contributed by atoms with Crippen molar-refractivity contribution in [1.82, 2.24) is 10.2 Å². The predicted octanol–water partition coefficient (Wildman–Crippen LogP) is 6.53. The van der Waals surface area contributed by atoms with Gasteiger partial charge in [-0.05, 0) is 95.9 Å². The highest BCUT2D eigenvalue weighted by Crippen LogP contribution is 2.38. The zero-order valence-corrected chi connectivity index (χ0v) is 25.0. The van der Waals surface area contributed by atoms with Crippen LogP contribution in [0.2, 0.25) is 0 Å². The van der Waals surface area contributed by atoms with Gasteiger partial charge in [-0.15, -0.1) is 0 Å². The lowest BCUT2D eigenvalue weighted by Gasteiger charge is -2.36. The molecule has 39 heavy (non-hydrogen) atoms. The second-order valence-electron chi connectivity index (χ2n) is 12.3. The molecule has 0 saturated heterocycles. The van der Waals surface area contributed by atoms with Gasteiger partial charge >= 0.3 is 6.09 Å². The van der Waals surface area contributed by atoms with Gasteiger partial charge in [-0.3, -0.25) is 9.59 Å². The zero-order valence-electron chi connectivity index (χ0n) is 25.0. The summed E-state index contributed by atoms with van der Waals surface area (Å²) in [5.74, 6) is -0.390. The second kappa shape index (κ2) is 12.2. The monoisotopic (exact) mass is 535 g/mol. The number of ether oxygens (including phenoxy) is 1. The number of para-hydroxylation sites is 1. The first-order chi connectivity index (χ1) is 18.2. The molecule has 0 aliphatic heterocycles. The Labute approximate surface area is 233 Å². The van der Waals surface area contributed by atoms with Crippen molar-refractivity contribution in [3.8, 4) is 0 Å². The van der Waals surface area contributed by atoms with E-state index >= 15 is 0 Å². The van der Waals surface area contributed by atoms with Crippen molar-refractivity contribution in [2.45, 2.75) is 105 Å². The molecule has 3 amide bonds. The van der Waals surface area contributed by atoms with Gasteiger partial charge in [0, 0.05) is 11.7 Å². The molecule has 2 atom stereocenters. The predicted molar refractivity (Wildman–Crippen MR) is 156 cm³/mol. The van der Waals surface area contributed by atoms with Crippen LogP contribution >= 0.6 is 0 Å². The molecule has 2 unspecified atom stereocenters. The number of nitrogens with one attached hydrogen (secondary N) is 2. The number of hydrogen-bond acceptors (Lipinski definition) is 4. The number of rotatable bonds is 9. The number of carbonyl (C=O) groups is 3. The summed E-state index contributed by atoms with van der Waals surface area (Å²) in [5, 5.41) is 5.97. The van der Waals surface area contributed by atoms with Crippen LogP contribution in [0.15, 0.2) is 36.4 Å². The molecule has 0 spiro atoms. The first-order valence-corrected chi connectivity index (χ1v) is 13.9. The molecule has 0 radical (unpaired) electrons. The van der Waals surface area contributed by atoms with Crippen molar-refractivity contribution < 1.29 is 19.1 Å². The van der Waals surface area contributed by atoms with Crippen molar-refractivity contribution in [1.29, 1.82) is 0 Å². The summed E-state index contributed by atoms with van der Waals surface area (Å²) in [4.78, 5) is 43.0. The van der Waals surface area contributed by atoms with Gasteiger partial charge in [-0.1, -0.05) is 55.8 Å². The number of nitrogens with zero attached hydrogens (tertiary/aromatic N) is 1. The number of amides is 3. The molecular formula is C32H45N3O4. The Morgan fingerprint density at radius 2 is 1.59 bits per heavy atom. The first kappa shape index (κ1) is 30.2. The Hall–Kier alpha value is -3.35. The van der Waals surface area contributed by atoms with Gasteiger partial charge in [-0.25, -0.2) is 4.79 Å². The fourth-order valence-corrected chi connectivity index (χ4v) is 4.87. The third-order valence-electron chi connectivity index (χ3n) is 6.88. The molecule has 7 heteroatoms. The normalized spacial score (nSPS) is 14.9. The average Bonchev–Trinajstić information content (AvgIpc) is 3.64. The topological polar surface area (TPSA) is 87.7 Å². The van der Waals surface area contributed by atoms with Gasteiger partial charge in [-0.2, -0.15) is 0 Å². The van der Waals surface area contributed by atoms with E-state index in [0.29, 0.717) is 6.42 Å². The van der Waals surface area contributed by atoms with E-state index in [1.54, 1.807) is 25.7 Å². The third kappa shape index (κ3) is 8.07. The van der Waals surface area contributed by atoms with Crippen LogP contribution in [0.25, 0.3) is 0 Å². The number of benzene rings is 2. The van der Waals surface area contributed by atoms with Gasteiger partial charge in [0.25, 0.3) is 5.91 Å². The summed E-state index contributed by atoms with van der Waals surface area (Å²) < 4.78 is 5.49. The molecule has 2 aromatic carbocycles. The van der Waals surface area contributed by atoms with Gasteiger partial charge < -0.3 is 20.3 Å². The highest BCUT2D eigenvalue weighted by atomic mass is 16.6. The molecule has 1 fully saturated rings. The number of hydrogen-bond donors (Lipinski definition) is 2. The van der Waals surface area contributed by atoms with E-state index in [9.17, 15) is 14.4 Å². The lowest BCUT2D eigenvalue weighted by atomic mass is 9.94. The maximum absolute atomic E-state index is 14.3. The lowest BCUT2D eigenvalue weighted by molar-refractivity contribution is -0.141. The molecule has 0 heterocycles. The number of aryl methyl sites for hydroxylation is 4. The third-order valence-corrected chi connectivity index (χ3v) is 6.88. The summed E-state index contributed by atoms with van der Waals surface area (Å²) in [6.07, 6.45) is 1.41. The molecule has 3 rings (SSSR count). The van der Waals surface area contributed by atoms with E-state index in [-0.39, 0.29) is 23.8 Å². The number of alkyl carbamates (subject to hydrolysis) is 1. The molecule has 0 bridgehead atoms. The van der Waals surface area contributed by atoms with Crippen LogP contribution in [-0.2, 0) is 14.3 Å². The second-order valence-corrected chi connectivity index (χ2v) is 12.3. The van der Waals surface area contributed by atoms with Crippen LogP contribution in [0.3, 0.4) is 0 Å². The van der Waals surface area contributed by atoms with E-state index in [0.717, 1.165) is 46.3 Å². The van der Waals surface area contributed by atoms with Crippen molar-refractivity contribution in [2.75, 3.05) is 5.32 Å². The zero-order chi connectivity index (χ0) is 29.1. The van der Waals surface area contributed by atoms with Gasteiger partial charge in [0.1, 0.15) is 17.7 Å². The van der Waals surface area contributed by atoms with Crippen molar-refractivity contribution in [3.05, 3.63) is 64.2 Å². The Morgan fingerprint density at radius 3 is 2.13 bits per heavy atom. The largest absolute Gasteiger partial charge is 0.444 e. The molecule has 7 nitrogen and oxygen atoms in total.